The molecule has 0 bridgehead atoms. The Balaban J connectivity index is 1.61. The fourth-order valence-electron chi connectivity index (χ4n) is 4.03. The zero-order valence-electron chi connectivity index (χ0n) is 19.2. The van der Waals surface area contributed by atoms with Crippen molar-refractivity contribution in [1.82, 2.24) is 15.2 Å². The molecule has 0 aliphatic carbocycles. The predicted molar refractivity (Wildman–Crippen MR) is 129 cm³/mol. The van der Waals surface area contributed by atoms with Crippen molar-refractivity contribution < 1.29 is 14.3 Å². The first-order valence-electron chi connectivity index (χ1n) is 11.1. The zero-order chi connectivity index (χ0) is 23.2. The van der Waals surface area contributed by atoms with Crippen molar-refractivity contribution in [1.29, 1.82) is 0 Å². The molecule has 8 nitrogen and oxygen atoms in total. The van der Waals surface area contributed by atoms with Crippen molar-refractivity contribution in [3.63, 3.8) is 0 Å². The lowest BCUT2D eigenvalue weighted by Crippen LogP contribution is -2.32. The maximum atomic E-state index is 12.6. The minimum Gasteiger partial charge on any atom is -0.493 e. The first-order valence-corrected chi connectivity index (χ1v) is 11.1. The van der Waals surface area contributed by atoms with Gasteiger partial charge in [0, 0.05) is 18.7 Å². The average molecular weight is 448 g/mol. The Hall–Kier alpha value is -3.81. The normalized spacial score (nSPS) is 13.8. The van der Waals surface area contributed by atoms with E-state index >= 15 is 0 Å². The first kappa shape index (κ1) is 22.4. The van der Waals surface area contributed by atoms with Gasteiger partial charge in [-0.05, 0) is 56.5 Å². The highest BCUT2D eigenvalue weighted by atomic mass is 16.5. The van der Waals surface area contributed by atoms with Crippen LogP contribution in [0, 0.1) is 6.92 Å². The van der Waals surface area contributed by atoms with Gasteiger partial charge in [0.25, 0.3) is 5.91 Å². The largest absolute Gasteiger partial charge is 0.493 e. The zero-order valence-corrected chi connectivity index (χ0v) is 19.2. The second kappa shape index (κ2) is 10.2. The highest BCUT2D eigenvalue weighted by Crippen LogP contribution is 2.29. The SMILES string of the molecule is COc1ccc(C(=O)N/N=C/c2c(C)nn(-c3ccccc3)c2N2CCCCC2)cc1OC. The van der Waals surface area contributed by atoms with Gasteiger partial charge < -0.3 is 14.4 Å². The number of hydrogen-bond donors (Lipinski definition) is 1. The van der Waals surface area contributed by atoms with Crippen LogP contribution in [-0.2, 0) is 0 Å². The number of carbonyl (C=O) groups excluding carboxylic acids is 1. The summed E-state index contributed by atoms with van der Waals surface area (Å²) >= 11 is 0. The Kier molecular flexibility index (Phi) is 6.92. The third-order valence-electron chi connectivity index (χ3n) is 5.74. The fraction of sp³-hybridized carbons (Fsp3) is 0.320. The average Bonchev–Trinajstić information content (AvgIpc) is 3.20. The molecule has 0 saturated carbocycles. The molecule has 1 N–H and O–H groups in total. The van der Waals surface area contributed by atoms with Gasteiger partial charge in [0.15, 0.2) is 11.5 Å². The first-order chi connectivity index (χ1) is 16.1. The Labute approximate surface area is 193 Å². The molecular weight excluding hydrogens is 418 g/mol. The molecule has 2 aromatic carbocycles. The molecule has 1 aliphatic rings. The summed E-state index contributed by atoms with van der Waals surface area (Å²) in [6.45, 7) is 3.90. The molecular formula is C25H29N5O3. The second-order valence-electron chi connectivity index (χ2n) is 7.89. The molecule has 1 aromatic heterocycles. The number of piperidine rings is 1. The van der Waals surface area contributed by atoms with E-state index in [0.29, 0.717) is 17.1 Å². The number of ether oxygens (including phenoxy) is 2. The van der Waals surface area contributed by atoms with Crippen molar-refractivity contribution in [3.05, 3.63) is 65.4 Å². The Morgan fingerprint density at radius 2 is 1.76 bits per heavy atom. The van der Waals surface area contributed by atoms with E-state index < -0.39 is 0 Å². The van der Waals surface area contributed by atoms with E-state index in [1.165, 1.54) is 13.5 Å². The third kappa shape index (κ3) is 4.84. The standard InChI is InChI=1S/C25H29N5O3/c1-18-21(17-26-27-24(31)19-12-13-22(32-2)23(16-19)33-3)25(29-14-8-5-9-15-29)30(28-18)20-10-6-4-7-11-20/h4,6-7,10-13,16-17H,5,8-9,14-15H2,1-3H3,(H,27,31)/b26-17+. The fourth-order valence-corrected chi connectivity index (χ4v) is 4.03. The molecule has 1 aliphatic heterocycles. The number of amides is 1. The summed E-state index contributed by atoms with van der Waals surface area (Å²) in [5.74, 6) is 1.72. The number of nitrogens with zero attached hydrogens (tertiary/aromatic N) is 4. The van der Waals surface area contributed by atoms with Gasteiger partial charge in [-0.25, -0.2) is 10.1 Å². The molecule has 172 valence electrons. The highest BCUT2D eigenvalue weighted by Gasteiger charge is 2.22. The highest BCUT2D eigenvalue weighted by molar-refractivity contribution is 5.96. The van der Waals surface area contributed by atoms with E-state index in [9.17, 15) is 4.79 Å². The molecule has 1 saturated heterocycles. The summed E-state index contributed by atoms with van der Waals surface area (Å²) in [5, 5.41) is 9.06. The van der Waals surface area contributed by atoms with E-state index in [0.717, 1.165) is 48.7 Å². The molecule has 0 spiro atoms. The number of aryl methyl sites for hydroxylation is 1. The monoisotopic (exact) mass is 447 g/mol. The molecule has 4 rings (SSSR count). The molecule has 3 aromatic rings. The van der Waals surface area contributed by atoms with Crippen LogP contribution in [-0.4, -0.2) is 49.2 Å². The van der Waals surface area contributed by atoms with Crippen molar-refractivity contribution in [3.8, 4) is 17.2 Å². The van der Waals surface area contributed by atoms with Crippen LogP contribution in [0.25, 0.3) is 5.69 Å². The minimum atomic E-state index is -0.333. The smallest absolute Gasteiger partial charge is 0.271 e. The molecule has 1 fully saturated rings. The third-order valence-corrected chi connectivity index (χ3v) is 5.74. The van der Waals surface area contributed by atoms with Gasteiger partial charge in [-0.15, -0.1) is 0 Å². The molecule has 0 radical (unpaired) electrons. The quantitative estimate of drug-likeness (QED) is 0.438. The number of hydrogen-bond acceptors (Lipinski definition) is 6. The molecule has 2 heterocycles. The van der Waals surface area contributed by atoms with Crippen molar-refractivity contribution >= 4 is 17.9 Å². The van der Waals surface area contributed by atoms with Crippen LogP contribution in [0.2, 0.25) is 0 Å². The van der Waals surface area contributed by atoms with Crippen LogP contribution in [0.5, 0.6) is 11.5 Å². The lowest BCUT2D eigenvalue weighted by molar-refractivity contribution is 0.0954. The van der Waals surface area contributed by atoms with Gasteiger partial charge in [-0.3, -0.25) is 4.79 Å². The maximum absolute atomic E-state index is 12.6. The van der Waals surface area contributed by atoms with Crippen molar-refractivity contribution in [2.75, 3.05) is 32.2 Å². The number of carbonyl (C=O) groups is 1. The van der Waals surface area contributed by atoms with Crippen LogP contribution >= 0.6 is 0 Å². The number of para-hydroxylation sites is 1. The van der Waals surface area contributed by atoms with E-state index in [4.69, 9.17) is 14.6 Å². The summed E-state index contributed by atoms with van der Waals surface area (Å²) in [6, 6.07) is 15.1. The minimum absolute atomic E-state index is 0.333. The number of aromatic nitrogens is 2. The van der Waals surface area contributed by atoms with E-state index in [1.54, 1.807) is 31.5 Å². The molecule has 0 unspecified atom stereocenters. The molecule has 1 amide bonds. The Morgan fingerprint density at radius 3 is 2.45 bits per heavy atom. The van der Waals surface area contributed by atoms with Gasteiger partial charge in [-0.1, -0.05) is 18.2 Å². The molecule has 0 atom stereocenters. The van der Waals surface area contributed by atoms with Crippen LogP contribution in [0.4, 0.5) is 5.82 Å². The summed E-state index contributed by atoms with van der Waals surface area (Å²) in [5.41, 5.74) is 5.79. The molecule has 8 heteroatoms. The Bertz CT molecular complexity index is 1130. The van der Waals surface area contributed by atoms with E-state index in [1.807, 2.05) is 41.9 Å². The predicted octanol–water partition coefficient (Wildman–Crippen LogP) is 3.95. The van der Waals surface area contributed by atoms with Gasteiger partial charge >= 0.3 is 0 Å². The lowest BCUT2D eigenvalue weighted by atomic mass is 10.1. The summed E-state index contributed by atoms with van der Waals surface area (Å²) < 4.78 is 12.5. The number of methoxy groups -OCH3 is 2. The number of benzene rings is 2. The maximum Gasteiger partial charge on any atom is 0.271 e. The van der Waals surface area contributed by atoms with Crippen LogP contribution in [0.15, 0.2) is 53.6 Å². The van der Waals surface area contributed by atoms with Crippen LogP contribution in [0.1, 0.15) is 40.9 Å². The lowest BCUT2D eigenvalue weighted by Gasteiger charge is -2.29. The molecule has 33 heavy (non-hydrogen) atoms. The Morgan fingerprint density at radius 1 is 1.03 bits per heavy atom. The second-order valence-corrected chi connectivity index (χ2v) is 7.89. The summed E-state index contributed by atoms with van der Waals surface area (Å²) in [4.78, 5) is 15.0. The van der Waals surface area contributed by atoms with Gasteiger partial charge in [0.05, 0.1) is 37.4 Å². The van der Waals surface area contributed by atoms with Gasteiger partial charge in [0.1, 0.15) is 5.82 Å². The van der Waals surface area contributed by atoms with Crippen molar-refractivity contribution in [2.24, 2.45) is 5.10 Å². The van der Waals surface area contributed by atoms with E-state index in [-0.39, 0.29) is 5.91 Å². The van der Waals surface area contributed by atoms with Gasteiger partial charge in [-0.2, -0.15) is 10.2 Å². The topological polar surface area (TPSA) is 81.0 Å². The number of anilines is 1. The number of hydrazone groups is 1. The summed E-state index contributed by atoms with van der Waals surface area (Å²) in [6.07, 6.45) is 5.21. The van der Waals surface area contributed by atoms with Crippen LogP contribution in [0.3, 0.4) is 0 Å². The van der Waals surface area contributed by atoms with Gasteiger partial charge in [0.2, 0.25) is 0 Å². The van der Waals surface area contributed by atoms with E-state index in [2.05, 4.69) is 15.4 Å². The summed E-state index contributed by atoms with van der Waals surface area (Å²) in [7, 11) is 3.09. The van der Waals surface area contributed by atoms with Crippen LogP contribution < -0.4 is 19.8 Å². The number of nitrogens with one attached hydrogen (secondary N) is 1. The number of rotatable bonds is 7. The van der Waals surface area contributed by atoms with Crippen molar-refractivity contribution in [2.45, 2.75) is 26.2 Å².